The maximum absolute atomic E-state index is 11.2. The van der Waals surface area contributed by atoms with Crippen molar-refractivity contribution < 1.29 is 9.53 Å². The van der Waals surface area contributed by atoms with Crippen molar-refractivity contribution in [1.82, 2.24) is 10.4 Å². The predicted octanol–water partition coefficient (Wildman–Crippen LogP) is 1.64. The molecule has 0 spiro atoms. The number of carbonyl (C=O) groups excluding carboxylic acids is 1. The van der Waals surface area contributed by atoms with Gasteiger partial charge >= 0.3 is 5.97 Å². The summed E-state index contributed by atoms with van der Waals surface area (Å²) in [6.07, 6.45) is 3.01. The minimum atomic E-state index is -0.391. The van der Waals surface area contributed by atoms with Gasteiger partial charge in [0, 0.05) is 17.7 Å². The van der Waals surface area contributed by atoms with E-state index >= 15 is 0 Å². The number of esters is 1. The van der Waals surface area contributed by atoms with E-state index in [9.17, 15) is 4.79 Å². The molecule has 0 aliphatic carbocycles. The zero-order valence-corrected chi connectivity index (χ0v) is 12.4. The smallest absolute Gasteiger partial charge is 0.308 e. The molecule has 0 aliphatic rings. The van der Waals surface area contributed by atoms with Gasteiger partial charge in [-0.2, -0.15) is 5.10 Å². The Kier molecular flexibility index (Phi) is 4.44. The summed E-state index contributed by atoms with van der Waals surface area (Å²) in [4.78, 5) is 15.4. The van der Waals surface area contributed by atoms with E-state index in [0.717, 1.165) is 16.3 Å². The summed E-state index contributed by atoms with van der Waals surface area (Å²) in [7, 11) is 0. The lowest BCUT2D eigenvalue weighted by Gasteiger charge is -2.10. The average Bonchev–Trinajstić information content (AvgIpc) is 2.40. The highest BCUT2D eigenvalue weighted by atomic mass is 32.1. The third-order valence-corrected chi connectivity index (χ3v) is 2.82. The van der Waals surface area contributed by atoms with E-state index in [0.29, 0.717) is 11.4 Å². The second-order valence-electron chi connectivity index (χ2n) is 4.33. The van der Waals surface area contributed by atoms with E-state index in [4.69, 9.17) is 10.5 Å². The number of nitrogens with one attached hydrogen (secondary N) is 1. The Morgan fingerprint density at radius 3 is 2.95 bits per heavy atom. The fourth-order valence-electron chi connectivity index (χ4n) is 1.96. The van der Waals surface area contributed by atoms with Gasteiger partial charge in [0.05, 0.1) is 18.1 Å². The molecule has 0 atom stereocenters. The normalized spacial score (nSPS) is 10.8. The first-order chi connectivity index (χ1) is 9.99. The first kappa shape index (κ1) is 14.9. The van der Waals surface area contributed by atoms with Gasteiger partial charge in [0.2, 0.25) is 0 Å². The third-order valence-electron chi connectivity index (χ3n) is 2.73. The van der Waals surface area contributed by atoms with E-state index < -0.39 is 5.97 Å². The van der Waals surface area contributed by atoms with Gasteiger partial charge in [0.15, 0.2) is 10.9 Å². The monoisotopic (exact) mass is 302 g/mol. The maximum Gasteiger partial charge on any atom is 0.308 e. The molecular formula is C14H14N4O2S. The van der Waals surface area contributed by atoms with Gasteiger partial charge in [-0.05, 0) is 24.7 Å². The maximum atomic E-state index is 11.2. The molecular weight excluding hydrogens is 288 g/mol. The molecule has 21 heavy (non-hydrogen) atoms. The number of hydrogen-bond donors (Lipinski definition) is 2. The van der Waals surface area contributed by atoms with Crippen LogP contribution in [0.3, 0.4) is 0 Å². The molecule has 1 heterocycles. The van der Waals surface area contributed by atoms with Crippen LogP contribution in [0.15, 0.2) is 29.5 Å². The molecule has 0 unspecified atom stereocenters. The van der Waals surface area contributed by atoms with Gasteiger partial charge in [0.1, 0.15) is 0 Å². The number of aryl methyl sites for hydroxylation is 1. The summed E-state index contributed by atoms with van der Waals surface area (Å²) >= 11 is 4.67. The number of thiocarbonyl (C=S) groups is 1. The Morgan fingerprint density at radius 2 is 2.29 bits per heavy atom. The SMILES string of the molecule is CC(=O)Oc1cnc(C=NNC(N)=S)c2cccc(C)c12. The van der Waals surface area contributed by atoms with Crippen molar-refractivity contribution in [2.75, 3.05) is 0 Å². The highest BCUT2D eigenvalue weighted by Gasteiger charge is 2.11. The van der Waals surface area contributed by atoms with Gasteiger partial charge in [-0.3, -0.25) is 15.2 Å². The molecule has 2 rings (SSSR count). The number of hydrazone groups is 1. The number of rotatable bonds is 3. The molecule has 7 heteroatoms. The number of ether oxygens (including phenoxy) is 1. The molecule has 108 valence electrons. The van der Waals surface area contributed by atoms with Crippen molar-refractivity contribution in [3.63, 3.8) is 0 Å². The second-order valence-corrected chi connectivity index (χ2v) is 4.77. The van der Waals surface area contributed by atoms with Gasteiger partial charge in [-0.1, -0.05) is 18.2 Å². The topological polar surface area (TPSA) is 89.6 Å². The van der Waals surface area contributed by atoms with E-state index in [-0.39, 0.29) is 5.11 Å². The molecule has 3 N–H and O–H groups in total. The van der Waals surface area contributed by atoms with E-state index in [1.165, 1.54) is 19.3 Å². The van der Waals surface area contributed by atoms with E-state index in [1.54, 1.807) is 0 Å². The van der Waals surface area contributed by atoms with Crippen LogP contribution < -0.4 is 15.9 Å². The van der Waals surface area contributed by atoms with Crippen molar-refractivity contribution in [1.29, 1.82) is 0 Å². The molecule has 0 amide bonds. The number of carbonyl (C=O) groups is 1. The number of hydrogen-bond acceptors (Lipinski definition) is 5. The number of benzene rings is 1. The van der Waals surface area contributed by atoms with Crippen molar-refractivity contribution >= 4 is 40.3 Å². The fourth-order valence-corrected chi connectivity index (χ4v) is 2.02. The lowest BCUT2D eigenvalue weighted by atomic mass is 10.0. The highest BCUT2D eigenvalue weighted by Crippen LogP contribution is 2.29. The summed E-state index contributed by atoms with van der Waals surface area (Å²) in [5.41, 5.74) is 9.37. The van der Waals surface area contributed by atoms with Crippen LogP contribution in [0.2, 0.25) is 0 Å². The number of fused-ring (bicyclic) bond motifs is 1. The van der Waals surface area contributed by atoms with Crippen LogP contribution in [0.25, 0.3) is 10.8 Å². The Balaban J connectivity index is 2.55. The lowest BCUT2D eigenvalue weighted by Crippen LogP contribution is -2.24. The summed E-state index contributed by atoms with van der Waals surface area (Å²) < 4.78 is 5.20. The first-order valence-electron chi connectivity index (χ1n) is 6.14. The second kappa shape index (κ2) is 6.27. The number of nitrogens with zero attached hydrogens (tertiary/aromatic N) is 2. The molecule has 0 radical (unpaired) electrons. The minimum Gasteiger partial charge on any atom is -0.424 e. The van der Waals surface area contributed by atoms with Gasteiger partial charge < -0.3 is 10.5 Å². The van der Waals surface area contributed by atoms with Crippen LogP contribution >= 0.6 is 12.2 Å². The zero-order chi connectivity index (χ0) is 15.4. The zero-order valence-electron chi connectivity index (χ0n) is 11.6. The molecule has 1 aromatic carbocycles. The van der Waals surface area contributed by atoms with Crippen LogP contribution in [-0.2, 0) is 4.79 Å². The van der Waals surface area contributed by atoms with Crippen LogP contribution in [0, 0.1) is 6.92 Å². The van der Waals surface area contributed by atoms with Crippen LogP contribution in [0.1, 0.15) is 18.2 Å². The quantitative estimate of drug-likeness (QED) is 0.388. The summed E-state index contributed by atoms with van der Waals surface area (Å²) in [6.45, 7) is 3.29. The summed E-state index contributed by atoms with van der Waals surface area (Å²) in [5, 5.41) is 5.61. The number of nitrogens with two attached hydrogens (primary N) is 1. The van der Waals surface area contributed by atoms with Crippen molar-refractivity contribution in [3.05, 3.63) is 35.7 Å². The van der Waals surface area contributed by atoms with Gasteiger partial charge in [-0.15, -0.1) is 0 Å². The fraction of sp³-hybridized carbons (Fsp3) is 0.143. The highest BCUT2D eigenvalue weighted by molar-refractivity contribution is 7.80. The molecule has 0 aliphatic heterocycles. The number of pyridine rings is 1. The van der Waals surface area contributed by atoms with Crippen LogP contribution in [0.5, 0.6) is 5.75 Å². The van der Waals surface area contributed by atoms with E-state index in [1.807, 2.05) is 25.1 Å². The van der Waals surface area contributed by atoms with Gasteiger partial charge in [0.25, 0.3) is 0 Å². The Hall–Kier alpha value is -2.54. The standard InChI is InChI=1S/C14H14N4O2S/c1-8-4-3-5-10-11(6-17-18-14(15)21)16-7-12(13(8)10)20-9(2)19/h3-7H,1-2H3,(H3,15,18,21). The molecule has 0 bridgehead atoms. The molecule has 6 nitrogen and oxygen atoms in total. The predicted molar refractivity (Wildman–Crippen MR) is 85.3 cm³/mol. The third kappa shape index (κ3) is 3.51. The molecule has 2 aromatic rings. The Morgan fingerprint density at radius 1 is 1.52 bits per heavy atom. The van der Waals surface area contributed by atoms with Crippen molar-refractivity contribution in [3.8, 4) is 5.75 Å². The Bertz CT molecular complexity index is 743. The summed E-state index contributed by atoms with van der Waals surface area (Å²) in [5.74, 6) is 0.0352. The molecule has 1 aromatic heterocycles. The van der Waals surface area contributed by atoms with E-state index in [2.05, 4.69) is 27.7 Å². The average molecular weight is 302 g/mol. The summed E-state index contributed by atoms with van der Waals surface area (Å²) in [6, 6.07) is 5.71. The largest absolute Gasteiger partial charge is 0.424 e. The van der Waals surface area contributed by atoms with Crippen molar-refractivity contribution in [2.24, 2.45) is 10.8 Å². The Labute approximate surface area is 127 Å². The molecule has 0 saturated carbocycles. The molecule has 0 fully saturated rings. The van der Waals surface area contributed by atoms with Crippen LogP contribution in [0.4, 0.5) is 0 Å². The van der Waals surface area contributed by atoms with Gasteiger partial charge in [-0.25, -0.2) is 0 Å². The minimum absolute atomic E-state index is 0.0725. The number of aromatic nitrogens is 1. The van der Waals surface area contributed by atoms with Crippen molar-refractivity contribution in [2.45, 2.75) is 13.8 Å². The molecule has 0 saturated heterocycles. The first-order valence-corrected chi connectivity index (χ1v) is 6.55. The van der Waals surface area contributed by atoms with Crippen LogP contribution in [-0.4, -0.2) is 22.3 Å². The lowest BCUT2D eigenvalue weighted by molar-refractivity contribution is -0.131.